The highest BCUT2D eigenvalue weighted by Crippen LogP contribution is 2.27. The predicted molar refractivity (Wildman–Crippen MR) is 103 cm³/mol. The van der Waals surface area contributed by atoms with E-state index >= 15 is 0 Å². The molecule has 1 aliphatic heterocycles. The highest BCUT2D eigenvalue weighted by atomic mass is 16.5. The van der Waals surface area contributed by atoms with Gasteiger partial charge in [0.2, 0.25) is 5.89 Å². The van der Waals surface area contributed by atoms with E-state index < -0.39 is 0 Å². The highest BCUT2D eigenvalue weighted by Gasteiger charge is 2.26. The van der Waals surface area contributed by atoms with Crippen LogP contribution < -0.4 is 0 Å². The third-order valence-corrected chi connectivity index (χ3v) is 5.32. The third kappa shape index (κ3) is 3.35. The number of aromatic amines is 1. The summed E-state index contributed by atoms with van der Waals surface area (Å²) >= 11 is 0. The van der Waals surface area contributed by atoms with Crippen LogP contribution in [0.5, 0.6) is 0 Å². The Morgan fingerprint density at radius 3 is 2.56 bits per heavy atom. The molecule has 0 saturated carbocycles. The number of carbonyl (C=O) groups is 1. The van der Waals surface area contributed by atoms with Gasteiger partial charge in [-0.15, -0.1) is 0 Å². The molecule has 7 nitrogen and oxygen atoms in total. The number of piperazine rings is 1. The number of fused-ring (bicyclic) bond motifs is 1. The van der Waals surface area contributed by atoms with Crippen molar-refractivity contribution in [2.24, 2.45) is 0 Å². The first-order valence-electron chi connectivity index (χ1n) is 9.32. The summed E-state index contributed by atoms with van der Waals surface area (Å²) in [5.74, 6) is 1.36. The number of rotatable bonds is 3. The van der Waals surface area contributed by atoms with Crippen LogP contribution in [0.3, 0.4) is 0 Å². The van der Waals surface area contributed by atoms with Crippen molar-refractivity contribution in [1.82, 2.24) is 24.9 Å². The molecule has 0 radical (unpaired) electrons. The number of hydrogen-bond donors (Lipinski definition) is 1. The fourth-order valence-electron chi connectivity index (χ4n) is 3.87. The quantitative estimate of drug-likeness (QED) is 0.770. The second-order valence-electron chi connectivity index (χ2n) is 7.43. The van der Waals surface area contributed by atoms with Gasteiger partial charge in [-0.25, -0.2) is 0 Å². The number of aryl methyl sites for hydroxylation is 4. The molecule has 4 rings (SSSR count). The van der Waals surface area contributed by atoms with Crippen molar-refractivity contribution in [1.29, 1.82) is 0 Å². The van der Waals surface area contributed by atoms with Gasteiger partial charge in [-0.05, 0) is 38.0 Å². The average molecular weight is 367 g/mol. The maximum atomic E-state index is 13.1. The molecule has 27 heavy (non-hydrogen) atoms. The molecule has 0 spiro atoms. The minimum absolute atomic E-state index is 0.0795. The van der Waals surface area contributed by atoms with Gasteiger partial charge in [0.15, 0.2) is 5.82 Å². The standard InChI is InChI=1S/C20H25N5O2/c1-12-9-13(2)18-16(10-12)14(3)19(22-18)20(26)25-7-5-24(6-8-25)11-17-21-15(4)27-23-17/h9-10,22H,5-8,11H2,1-4H3. The number of nitrogens with one attached hydrogen (secondary N) is 1. The summed E-state index contributed by atoms with van der Waals surface area (Å²) < 4.78 is 5.03. The van der Waals surface area contributed by atoms with Gasteiger partial charge in [0.25, 0.3) is 5.91 Å². The van der Waals surface area contributed by atoms with Gasteiger partial charge < -0.3 is 14.4 Å². The van der Waals surface area contributed by atoms with E-state index in [2.05, 4.69) is 46.0 Å². The fourth-order valence-corrected chi connectivity index (χ4v) is 3.87. The van der Waals surface area contributed by atoms with E-state index in [1.54, 1.807) is 6.92 Å². The largest absolute Gasteiger partial charge is 0.350 e. The van der Waals surface area contributed by atoms with Crippen molar-refractivity contribution < 1.29 is 9.32 Å². The van der Waals surface area contributed by atoms with Crippen LogP contribution in [-0.4, -0.2) is 57.0 Å². The second kappa shape index (κ2) is 6.81. The first-order valence-corrected chi connectivity index (χ1v) is 9.32. The van der Waals surface area contributed by atoms with E-state index in [0.717, 1.165) is 29.6 Å². The molecule has 0 bridgehead atoms. The first kappa shape index (κ1) is 17.7. The second-order valence-corrected chi connectivity index (χ2v) is 7.43. The van der Waals surface area contributed by atoms with Crippen LogP contribution in [0.4, 0.5) is 0 Å². The summed E-state index contributed by atoms with van der Waals surface area (Å²) in [7, 11) is 0. The molecule has 1 N–H and O–H groups in total. The fraction of sp³-hybridized carbons (Fsp3) is 0.450. The molecule has 1 fully saturated rings. The molecule has 0 atom stereocenters. The topological polar surface area (TPSA) is 78.3 Å². The van der Waals surface area contributed by atoms with Crippen LogP contribution in [0.1, 0.15) is 38.9 Å². The number of hydrogen-bond acceptors (Lipinski definition) is 5. The van der Waals surface area contributed by atoms with Crippen LogP contribution in [-0.2, 0) is 6.54 Å². The Labute approximate surface area is 158 Å². The van der Waals surface area contributed by atoms with Crippen LogP contribution in [0.2, 0.25) is 0 Å². The highest BCUT2D eigenvalue weighted by molar-refractivity contribution is 6.01. The van der Waals surface area contributed by atoms with Crippen molar-refractivity contribution in [3.05, 3.63) is 46.2 Å². The van der Waals surface area contributed by atoms with Crippen molar-refractivity contribution in [2.75, 3.05) is 26.2 Å². The Balaban J connectivity index is 1.47. The molecule has 2 aromatic heterocycles. The number of nitrogens with zero attached hydrogens (tertiary/aromatic N) is 4. The van der Waals surface area contributed by atoms with Gasteiger partial charge in [0.05, 0.1) is 6.54 Å². The summed E-state index contributed by atoms with van der Waals surface area (Å²) in [4.78, 5) is 24.9. The van der Waals surface area contributed by atoms with Crippen LogP contribution in [0, 0.1) is 27.7 Å². The third-order valence-electron chi connectivity index (χ3n) is 5.32. The molecule has 142 valence electrons. The van der Waals surface area contributed by atoms with E-state index in [1.807, 2.05) is 11.8 Å². The average Bonchev–Trinajstić information content (AvgIpc) is 3.19. The maximum Gasteiger partial charge on any atom is 0.270 e. The number of benzene rings is 1. The van der Waals surface area contributed by atoms with Crippen LogP contribution in [0.25, 0.3) is 10.9 Å². The Morgan fingerprint density at radius 2 is 1.89 bits per heavy atom. The molecule has 1 aromatic carbocycles. The molecular weight excluding hydrogens is 342 g/mol. The molecule has 7 heteroatoms. The minimum atomic E-state index is 0.0795. The van der Waals surface area contributed by atoms with E-state index in [1.165, 1.54) is 11.1 Å². The van der Waals surface area contributed by atoms with Crippen molar-refractivity contribution >= 4 is 16.8 Å². The predicted octanol–water partition coefficient (Wildman–Crippen LogP) is 2.74. The van der Waals surface area contributed by atoms with Crippen LogP contribution in [0.15, 0.2) is 16.7 Å². The van der Waals surface area contributed by atoms with Crippen molar-refractivity contribution in [3.63, 3.8) is 0 Å². The van der Waals surface area contributed by atoms with Gasteiger partial charge in [-0.1, -0.05) is 16.8 Å². The molecule has 1 saturated heterocycles. The maximum absolute atomic E-state index is 13.1. The zero-order valence-corrected chi connectivity index (χ0v) is 16.3. The molecule has 1 aliphatic rings. The lowest BCUT2D eigenvalue weighted by molar-refractivity contribution is 0.0619. The Morgan fingerprint density at radius 1 is 1.15 bits per heavy atom. The molecule has 0 aliphatic carbocycles. The zero-order chi connectivity index (χ0) is 19.1. The Kier molecular flexibility index (Phi) is 4.47. The lowest BCUT2D eigenvalue weighted by Crippen LogP contribution is -2.48. The van der Waals surface area contributed by atoms with Gasteiger partial charge >= 0.3 is 0 Å². The number of H-pyrrole nitrogens is 1. The number of amides is 1. The van der Waals surface area contributed by atoms with Gasteiger partial charge in [0, 0.05) is 44.0 Å². The van der Waals surface area contributed by atoms with Gasteiger partial charge in [-0.3, -0.25) is 9.69 Å². The van der Waals surface area contributed by atoms with Crippen molar-refractivity contribution in [3.8, 4) is 0 Å². The number of aromatic nitrogens is 3. The van der Waals surface area contributed by atoms with E-state index in [4.69, 9.17) is 4.52 Å². The molecule has 1 amide bonds. The smallest absolute Gasteiger partial charge is 0.270 e. The van der Waals surface area contributed by atoms with Crippen LogP contribution >= 0.6 is 0 Å². The first-order chi connectivity index (χ1) is 12.9. The van der Waals surface area contributed by atoms with E-state index in [9.17, 15) is 4.79 Å². The molecular formula is C20H25N5O2. The minimum Gasteiger partial charge on any atom is -0.350 e. The molecule has 3 aromatic rings. The Bertz CT molecular complexity index is 995. The van der Waals surface area contributed by atoms with E-state index in [0.29, 0.717) is 37.0 Å². The summed E-state index contributed by atoms with van der Waals surface area (Å²) in [6.07, 6.45) is 0. The Hall–Kier alpha value is -2.67. The van der Waals surface area contributed by atoms with Crippen molar-refractivity contribution in [2.45, 2.75) is 34.2 Å². The van der Waals surface area contributed by atoms with Gasteiger partial charge in [-0.2, -0.15) is 4.98 Å². The monoisotopic (exact) mass is 367 g/mol. The number of carbonyl (C=O) groups excluding carboxylic acids is 1. The molecule has 3 heterocycles. The summed E-state index contributed by atoms with van der Waals surface area (Å²) in [6, 6.07) is 4.29. The SMILES string of the molecule is Cc1cc(C)c2[nH]c(C(=O)N3CCN(Cc4noc(C)n4)CC3)c(C)c2c1. The van der Waals surface area contributed by atoms with Gasteiger partial charge in [0.1, 0.15) is 5.69 Å². The lowest BCUT2D eigenvalue weighted by atomic mass is 10.1. The summed E-state index contributed by atoms with van der Waals surface area (Å²) in [6.45, 7) is 11.6. The van der Waals surface area contributed by atoms with E-state index in [-0.39, 0.29) is 5.91 Å². The lowest BCUT2D eigenvalue weighted by Gasteiger charge is -2.34. The normalized spacial score (nSPS) is 15.6. The zero-order valence-electron chi connectivity index (χ0n) is 16.3. The summed E-state index contributed by atoms with van der Waals surface area (Å²) in [5, 5.41) is 5.09. The summed E-state index contributed by atoms with van der Waals surface area (Å²) in [5.41, 5.74) is 5.19. The molecule has 0 unspecified atom stereocenters.